The van der Waals surface area contributed by atoms with Crippen molar-refractivity contribution >= 4 is 24.0 Å². The lowest BCUT2D eigenvalue weighted by atomic mass is 9.99. The van der Waals surface area contributed by atoms with E-state index in [1.807, 2.05) is 0 Å². The van der Waals surface area contributed by atoms with E-state index < -0.39 is 0 Å². The largest absolute Gasteiger partial charge is 0.326 e. The summed E-state index contributed by atoms with van der Waals surface area (Å²) in [6, 6.07) is 4.76. The number of rotatable bonds is 2. The van der Waals surface area contributed by atoms with E-state index in [1.165, 1.54) is 6.07 Å². The fraction of sp³-hybridized carbons (Fsp3) is 0.462. The molecule has 1 amide bonds. The molecule has 1 fully saturated rings. The van der Waals surface area contributed by atoms with Gasteiger partial charge < -0.3 is 10.6 Å². The van der Waals surface area contributed by atoms with E-state index in [4.69, 9.17) is 0 Å². The van der Waals surface area contributed by atoms with Crippen molar-refractivity contribution in [2.45, 2.75) is 19.8 Å². The van der Waals surface area contributed by atoms with Crippen LogP contribution in [0.5, 0.6) is 0 Å². The first-order valence-corrected chi connectivity index (χ1v) is 5.94. The summed E-state index contributed by atoms with van der Waals surface area (Å²) < 4.78 is 13.3. The van der Waals surface area contributed by atoms with E-state index in [2.05, 4.69) is 10.6 Å². The predicted octanol–water partition coefficient (Wildman–Crippen LogP) is 2.49. The highest BCUT2D eigenvalue weighted by atomic mass is 35.5. The van der Waals surface area contributed by atoms with E-state index in [1.54, 1.807) is 19.1 Å². The fourth-order valence-corrected chi connectivity index (χ4v) is 1.99. The van der Waals surface area contributed by atoms with Crippen LogP contribution in [0.3, 0.4) is 0 Å². The Labute approximate surface area is 113 Å². The average Bonchev–Trinajstić information content (AvgIpc) is 2.35. The number of halogens is 2. The summed E-state index contributed by atoms with van der Waals surface area (Å²) >= 11 is 0. The number of anilines is 1. The lowest BCUT2D eigenvalue weighted by Crippen LogP contribution is -2.37. The van der Waals surface area contributed by atoms with E-state index in [0.717, 1.165) is 19.4 Å². The lowest BCUT2D eigenvalue weighted by Gasteiger charge is -2.21. The second-order valence-electron chi connectivity index (χ2n) is 4.50. The zero-order valence-corrected chi connectivity index (χ0v) is 11.1. The molecule has 100 valence electrons. The Bertz CT molecular complexity index is 419. The van der Waals surface area contributed by atoms with Crippen LogP contribution in [0.4, 0.5) is 10.1 Å². The van der Waals surface area contributed by atoms with Crippen molar-refractivity contribution in [1.82, 2.24) is 5.32 Å². The second kappa shape index (κ2) is 6.71. The molecule has 2 N–H and O–H groups in total. The molecule has 0 radical (unpaired) electrons. The monoisotopic (exact) mass is 272 g/mol. The molecule has 0 aromatic heterocycles. The van der Waals surface area contributed by atoms with Crippen molar-refractivity contribution in [3.63, 3.8) is 0 Å². The van der Waals surface area contributed by atoms with Gasteiger partial charge in [-0.05, 0) is 44.0 Å². The number of benzene rings is 1. The molecular weight excluding hydrogens is 255 g/mol. The summed E-state index contributed by atoms with van der Waals surface area (Å²) in [5.74, 6) is -0.321. The maximum absolute atomic E-state index is 13.3. The number of carbonyl (C=O) groups is 1. The predicted molar refractivity (Wildman–Crippen MR) is 72.6 cm³/mol. The van der Waals surface area contributed by atoms with Crippen molar-refractivity contribution in [2.75, 3.05) is 18.4 Å². The Balaban J connectivity index is 0.00000162. The van der Waals surface area contributed by atoms with Crippen LogP contribution >= 0.6 is 12.4 Å². The molecule has 1 saturated heterocycles. The summed E-state index contributed by atoms with van der Waals surface area (Å²) in [6.45, 7) is 3.38. The first kappa shape index (κ1) is 14.9. The van der Waals surface area contributed by atoms with Gasteiger partial charge in [0.1, 0.15) is 5.82 Å². The number of hydrogen-bond acceptors (Lipinski definition) is 2. The molecule has 1 aliphatic heterocycles. The molecule has 1 aromatic carbocycles. The first-order chi connectivity index (χ1) is 8.16. The van der Waals surface area contributed by atoms with Crippen molar-refractivity contribution in [1.29, 1.82) is 0 Å². The minimum atomic E-state index is -0.287. The second-order valence-corrected chi connectivity index (χ2v) is 4.50. The normalized spacial score (nSPS) is 18.9. The summed E-state index contributed by atoms with van der Waals surface area (Å²) in [5, 5.41) is 5.95. The average molecular weight is 273 g/mol. The maximum atomic E-state index is 13.3. The first-order valence-electron chi connectivity index (χ1n) is 5.94. The van der Waals surface area contributed by atoms with Crippen LogP contribution in [-0.2, 0) is 4.79 Å². The third-order valence-corrected chi connectivity index (χ3v) is 3.11. The number of piperidine rings is 1. The maximum Gasteiger partial charge on any atom is 0.228 e. The third kappa shape index (κ3) is 3.68. The van der Waals surface area contributed by atoms with Gasteiger partial charge in [0, 0.05) is 12.2 Å². The van der Waals surface area contributed by atoms with Crippen LogP contribution in [-0.4, -0.2) is 19.0 Å². The molecule has 0 saturated carbocycles. The minimum Gasteiger partial charge on any atom is -0.326 e. The molecule has 3 nitrogen and oxygen atoms in total. The smallest absolute Gasteiger partial charge is 0.228 e. The van der Waals surface area contributed by atoms with Crippen molar-refractivity contribution in [2.24, 2.45) is 5.92 Å². The molecule has 0 bridgehead atoms. The summed E-state index contributed by atoms with van der Waals surface area (Å²) in [5.41, 5.74) is 1.12. The number of aryl methyl sites for hydroxylation is 1. The summed E-state index contributed by atoms with van der Waals surface area (Å²) in [4.78, 5) is 11.9. The molecule has 1 aromatic rings. The van der Waals surface area contributed by atoms with Crippen LogP contribution < -0.4 is 10.6 Å². The van der Waals surface area contributed by atoms with Gasteiger partial charge in [0.15, 0.2) is 0 Å². The molecule has 1 aliphatic rings. The van der Waals surface area contributed by atoms with E-state index >= 15 is 0 Å². The summed E-state index contributed by atoms with van der Waals surface area (Å²) in [6.07, 6.45) is 1.91. The zero-order valence-electron chi connectivity index (χ0n) is 10.3. The van der Waals surface area contributed by atoms with Gasteiger partial charge in [-0.3, -0.25) is 4.79 Å². The van der Waals surface area contributed by atoms with Crippen LogP contribution in [0.1, 0.15) is 18.4 Å². The van der Waals surface area contributed by atoms with E-state index in [0.29, 0.717) is 17.8 Å². The van der Waals surface area contributed by atoms with E-state index in [9.17, 15) is 9.18 Å². The Morgan fingerprint density at radius 2 is 2.28 bits per heavy atom. The highest BCUT2D eigenvalue weighted by Crippen LogP contribution is 2.16. The number of amides is 1. The Kier molecular flexibility index (Phi) is 5.56. The van der Waals surface area contributed by atoms with Gasteiger partial charge in [0.25, 0.3) is 0 Å². The Hall–Kier alpha value is -1.13. The minimum absolute atomic E-state index is 0. The van der Waals surface area contributed by atoms with Crippen LogP contribution in [0, 0.1) is 18.7 Å². The van der Waals surface area contributed by atoms with Crippen molar-refractivity contribution in [3.05, 3.63) is 29.6 Å². The highest BCUT2D eigenvalue weighted by molar-refractivity contribution is 5.92. The van der Waals surface area contributed by atoms with Gasteiger partial charge in [-0.25, -0.2) is 4.39 Å². The van der Waals surface area contributed by atoms with Crippen LogP contribution in [0.15, 0.2) is 18.2 Å². The molecule has 1 atom stereocenters. The molecule has 0 aliphatic carbocycles. The highest BCUT2D eigenvalue weighted by Gasteiger charge is 2.20. The molecule has 1 heterocycles. The van der Waals surface area contributed by atoms with E-state index in [-0.39, 0.29) is 30.0 Å². The Morgan fingerprint density at radius 3 is 2.89 bits per heavy atom. The summed E-state index contributed by atoms with van der Waals surface area (Å²) in [7, 11) is 0. The van der Waals surface area contributed by atoms with Gasteiger partial charge in [-0.15, -0.1) is 12.4 Å². The molecule has 18 heavy (non-hydrogen) atoms. The van der Waals surface area contributed by atoms with Gasteiger partial charge >= 0.3 is 0 Å². The number of hydrogen-bond donors (Lipinski definition) is 2. The van der Waals surface area contributed by atoms with Gasteiger partial charge in [-0.1, -0.05) is 6.07 Å². The van der Waals surface area contributed by atoms with Gasteiger partial charge in [0.2, 0.25) is 5.91 Å². The topological polar surface area (TPSA) is 41.1 Å². The molecule has 5 heteroatoms. The van der Waals surface area contributed by atoms with Crippen LogP contribution in [0.25, 0.3) is 0 Å². The fourth-order valence-electron chi connectivity index (χ4n) is 1.99. The SMILES string of the molecule is Cc1ccc(NC(=O)[C@@H]2CCCNC2)cc1F.Cl. The van der Waals surface area contributed by atoms with Crippen molar-refractivity contribution < 1.29 is 9.18 Å². The molecular formula is C13H18ClFN2O. The van der Waals surface area contributed by atoms with Gasteiger partial charge in [-0.2, -0.15) is 0 Å². The molecule has 2 rings (SSSR count). The number of carbonyl (C=O) groups excluding carboxylic acids is 1. The molecule has 0 spiro atoms. The standard InChI is InChI=1S/C13H17FN2O.ClH/c1-9-4-5-11(7-12(9)14)16-13(17)10-3-2-6-15-8-10;/h4-5,7,10,15H,2-3,6,8H2,1H3,(H,16,17);1H/t10-;/m1./s1. The quantitative estimate of drug-likeness (QED) is 0.869. The lowest BCUT2D eigenvalue weighted by molar-refractivity contribution is -0.120. The zero-order chi connectivity index (χ0) is 12.3. The third-order valence-electron chi connectivity index (χ3n) is 3.11. The van der Waals surface area contributed by atoms with Gasteiger partial charge in [0.05, 0.1) is 5.92 Å². The Morgan fingerprint density at radius 1 is 1.50 bits per heavy atom. The molecule has 0 unspecified atom stereocenters. The van der Waals surface area contributed by atoms with Crippen molar-refractivity contribution in [3.8, 4) is 0 Å². The number of nitrogens with one attached hydrogen (secondary N) is 2. The van der Waals surface area contributed by atoms with Crippen LogP contribution in [0.2, 0.25) is 0 Å².